The molecule has 1 spiro atoms. The Kier molecular flexibility index (Phi) is 2.68. The summed E-state index contributed by atoms with van der Waals surface area (Å²) in [4.78, 5) is 14.9. The average molecular weight is 270 g/mol. The molecule has 3 heteroatoms. The highest BCUT2D eigenvalue weighted by Crippen LogP contribution is 2.62. The summed E-state index contributed by atoms with van der Waals surface area (Å²) >= 11 is 0. The van der Waals surface area contributed by atoms with E-state index < -0.39 is 0 Å². The van der Waals surface area contributed by atoms with Gasteiger partial charge in [-0.15, -0.1) is 0 Å². The molecule has 20 heavy (non-hydrogen) atoms. The molecular formula is C17H22N2O. The van der Waals surface area contributed by atoms with Crippen LogP contribution in [0.4, 0.5) is 0 Å². The first kappa shape index (κ1) is 12.4. The van der Waals surface area contributed by atoms with E-state index in [-0.39, 0.29) is 17.4 Å². The fourth-order valence-corrected chi connectivity index (χ4v) is 4.49. The van der Waals surface area contributed by atoms with E-state index in [9.17, 15) is 4.79 Å². The van der Waals surface area contributed by atoms with Crippen molar-refractivity contribution in [2.45, 2.75) is 43.6 Å². The summed E-state index contributed by atoms with van der Waals surface area (Å²) in [6.45, 7) is 1.52. The molecule has 1 amide bonds. The van der Waals surface area contributed by atoms with Crippen molar-refractivity contribution in [1.82, 2.24) is 4.90 Å². The van der Waals surface area contributed by atoms with Gasteiger partial charge in [-0.25, -0.2) is 0 Å². The number of rotatable bonds is 2. The highest BCUT2D eigenvalue weighted by molar-refractivity contribution is 5.85. The van der Waals surface area contributed by atoms with Crippen molar-refractivity contribution in [1.29, 1.82) is 0 Å². The number of aryl methyl sites for hydroxylation is 1. The molecule has 3 nitrogen and oxygen atoms in total. The summed E-state index contributed by atoms with van der Waals surface area (Å²) in [5.41, 5.74) is 8.89. The third-order valence-corrected chi connectivity index (χ3v) is 5.70. The number of nitrogens with two attached hydrogens (primary N) is 1. The fraction of sp³-hybridized carbons (Fsp3) is 0.588. The molecule has 2 N–H and O–H groups in total. The van der Waals surface area contributed by atoms with E-state index in [0.717, 1.165) is 38.6 Å². The van der Waals surface area contributed by atoms with E-state index in [1.54, 1.807) is 0 Å². The van der Waals surface area contributed by atoms with Crippen LogP contribution < -0.4 is 5.73 Å². The van der Waals surface area contributed by atoms with E-state index >= 15 is 0 Å². The molecule has 3 atom stereocenters. The largest absolute Gasteiger partial charge is 0.338 e. The van der Waals surface area contributed by atoms with Gasteiger partial charge in [0, 0.05) is 30.5 Å². The lowest BCUT2D eigenvalue weighted by Gasteiger charge is -2.25. The van der Waals surface area contributed by atoms with E-state index in [1.807, 2.05) is 0 Å². The van der Waals surface area contributed by atoms with Crippen LogP contribution in [0.25, 0.3) is 0 Å². The second-order valence-corrected chi connectivity index (χ2v) is 6.63. The third kappa shape index (κ3) is 1.59. The molecule has 0 radical (unpaired) electrons. The summed E-state index contributed by atoms with van der Waals surface area (Å²) in [5.74, 6) is 0.591. The Balaban J connectivity index is 1.57. The molecule has 1 saturated heterocycles. The second-order valence-electron chi connectivity index (χ2n) is 6.63. The van der Waals surface area contributed by atoms with Gasteiger partial charge in [0.15, 0.2) is 0 Å². The van der Waals surface area contributed by atoms with Crippen LogP contribution in [-0.4, -0.2) is 29.9 Å². The van der Waals surface area contributed by atoms with E-state index in [0.29, 0.717) is 12.5 Å². The van der Waals surface area contributed by atoms with Crippen molar-refractivity contribution < 1.29 is 4.79 Å². The second kappa shape index (κ2) is 4.32. The van der Waals surface area contributed by atoms with Crippen LogP contribution in [-0.2, 0) is 16.6 Å². The highest BCUT2D eigenvalue weighted by Gasteiger charge is 2.62. The number of nitrogens with zero attached hydrogens (tertiary/aromatic N) is 1. The van der Waals surface area contributed by atoms with Crippen LogP contribution in [0.15, 0.2) is 24.3 Å². The monoisotopic (exact) mass is 270 g/mol. The zero-order valence-corrected chi connectivity index (χ0v) is 11.8. The minimum absolute atomic E-state index is 0.176. The topological polar surface area (TPSA) is 46.3 Å². The minimum atomic E-state index is 0.176. The predicted octanol–water partition coefficient (Wildman–Crippen LogP) is 1.84. The lowest BCUT2D eigenvalue weighted by Crippen LogP contribution is -2.41. The summed E-state index contributed by atoms with van der Waals surface area (Å²) < 4.78 is 0. The molecule has 0 bridgehead atoms. The molecule has 106 valence electrons. The van der Waals surface area contributed by atoms with E-state index in [4.69, 9.17) is 5.73 Å². The smallest absolute Gasteiger partial charge is 0.226 e. The van der Waals surface area contributed by atoms with E-state index in [2.05, 4.69) is 29.2 Å². The normalized spacial score (nSPS) is 34.5. The quantitative estimate of drug-likeness (QED) is 0.891. The molecule has 1 saturated carbocycles. The summed E-state index contributed by atoms with van der Waals surface area (Å²) in [5, 5.41) is 0. The van der Waals surface area contributed by atoms with Crippen LogP contribution in [0, 0.1) is 5.92 Å². The number of benzene rings is 1. The van der Waals surface area contributed by atoms with Crippen molar-refractivity contribution in [2.75, 3.05) is 13.1 Å². The van der Waals surface area contributed by atoms with Crippen molar-refractivity contribution in [3.8, 4) is 0 Å². The van der Waals surface area contributed by atoms with Gasteiger partial charge in [-0.2, -0.15) is 0 Å². The van der Waals surface area contributed by atoms with Gasteiger partial charge < -0.3 is 10.6 Å². The van der Waals surface area contributed by atoms with Gasteiger partial charge in [-0.1, -0.05) is 24.3 Å². The molecule has 1 aliphatic heterocycles. The molecule has 3 aliphatic rings. The van der Waals surface area contributed by atoms with Crippen LogP contribution in [0.3, 0.4) is 0 Å². The Bertz CT molecular complexity index is 556. The number of likely N-dealkylation sites (tertiary alicyclic amines) is 1. The number of fused-ring (bicyclic) bond motifs is 2. The van der Waals surface area contributed by atoms with Crippen molar-refractivity contribution in [3.63, 3.8) is 0 Å². The summed E-state index contributed by atoms with van der Waals surface area (Å²) in [7, 11) is 0. The lowest BCUT2D eigenvalue weighted by atomic mass is 9.95. The molecule has 2 fully saturated rings. The first-order valence-electron chi connectivity index (χ1n) is 7.85. The maximum Gasteiger partial charge on any atom is 0.226 e. The zero-order valence-electron chi connectivity index (χ0n) is 11.8. The predicted molar refractivity (Wildman–Crippen MR) is 78.3 cm³/mol. The molecule has 1 aromatic carbocycles. The fourth-order valence-electron chi connectivity index (χ4n) is 4.49. The Labute approximate surface area is 120 Å². The van der Waals surface area contributed by atoms with Gasteiger partial charge in [-0.05, 0) is 43.2 Å². The molecule has 0 aromatic heterocycles. The minimum Gasteiger partial charge on any atom is -0.338 e. The first-order chi connectivity index (χ1) is 9.76. The molecule has 3 unspecified atom stereocenters. The zero-order chi connectivity index (χ0) is 13.7. The van der Waals surface area contributed by atoms with Crippen LogP contribution in [0.5, 0.6) is 0 Å². The maximum absolute atomic E-state index is 12.8. The van der Waals surface area contributed by atoms with Crippen LogP contribution in [0.2, 0.25) is 0 Å². The van der Waals surface area contributed by atoms with E-state index in [1.165, 1.54) is 11.1 Å². The Hall–Kier alpha value is -1.35. The van der Waals surface area contributed by atoms with Gasteiger partial charge in [0.1, 0.15) is 0 Å². The molecule has 4 rings (SSSR count). The lowest BCUT2D eigenvalue weighted by molar-refractivity contribution is -0.133. The summed E-state index contributed by atoms with van der Waals surface area (Å²) in [6, 6.07) is 8.98. The standard InChI is InChI=1S/C17H22N2O/c18-11-13-5-3-9-19(13)16(20)15-10-17(15)8-7-12-4-1-2-6-14(12)17/h1-2,4,6,13,15H,3,5,7-11,18H2. The summed E-state index contributed by atoms with van der Waals surface area (Å²) in [6.07, 6.45) is 5.54. The van der Waals surface area contributed by atoms with Gasteiger partial charge >= 0.3 is 0 Å². The average Bonchev–Trinajstić information content (AvgIpc) is 2.84. The molecule has 1 aromatic rings. The van der Waals surface area contributed by atoms with Gasteiger partial charge in [0.05, 0.1) is 0 Å². The molecule has 2 aliphatic carbocycles. The number of carbonyl (C=O) groups is 1. The third-order valence-electron chi connectivity index (χ3n) is 5.70. The van der Waals surface area contributed by atoms with Crippen LogP contribution >= 0.6 is 0 Å². The van der Waals surface area contributed by atoms with Crippen molar-refractivity contribution in [2.24, 2.45) is 11.7 Å². The van der Waals surface area contributed by atoms with Crippen LogP contribution in [0.1, 0.15) is 36.8 Å². The molecule has 1 heterocycles. The number of carbonyl (C=O) groups excluding carboxylic acids is 1. The Morgan fingerprint density at radius 1 is 1.40 bits per heavy atom. The number of hydrogen-bond acceptors (Lipinski definition) is 2. The maximum atomic E-state index is 12.8. The highest BCUT2D eigenvalue weighted by atomic mass is 16.2. The number of hydrogen-bond donors (Lipinski definition) is 1. The Morgan fingerprint density at radius 3 is 3.10 bits per heavy atom. The Morgan fingerprint density at radius 2 is 2.25 bits per heavy atom. The van der Waals surface area contributed by atoms with Crippen molar-refractivity contribution >= 4 is 5.91 Å². The number of amides is 1. The first-order valence-corrected chi connectivity index (χ1v) is 7.85. The van der Waals surface area contributed by atoms with Crippen molar-refractivity contribution in [3.05, 3.63) is 35.4 Å². The molecular weight excluding hydrogens is 248 g/mol. The SMILES string of the molecule is NCC1CCCN1C(=O)C1CC12CCc1ccccc12. The van der Waals surface area contributed by atoms with Gasteiger partial charge in [0.25, 0.3) is 0 Å². The van der Waals surface area contributed by atoms with Gasteiger partial charge in [-0.3, -0.25) is 4.79 Å². The van der Waals surface area contributed by atoms with Gasteiger partial charge in [0.2, 0.25) is 5.91 Å².